The second kappa shape index (κ2) is 7.87. The standard InChI is InChI=1S/C16H15Cl2NO3S2/c1-3-8(2)13(15(21)22)19-14(20)12(24-16(19)23)7-9-10(17)5-4-6-11(9)18/h4-8,13H,3H2,1-2H3,(H,21,22)/b12-7-/t8-,13-/m1/s1. The van der Waals surface area contributed by atoms with Crippen LogP contribution in [0.5, 0.6) is 0 Å². The molecule has 4 nitrogen and oxygen atoms in total. The number of thioether (sulfide) groups is 1. The Hall–Kier alpha value is -1.08. The van der Waals surface area contributed by atoms with Crippen LogP contribution in [-0.4, -0.2) is 32.2 Å². The number of rotatable bonds is 5. The summed E-state index contributed by atoms with van der Waals surface area (Å²) in [4.78, 5) is 25.8. The number of carboxylic acid groups (broad SMARTS) is 1. The van der Waals surface area contributed by atoms with Gasteiger partial charge in [0.2, 0.25) is 0 Å². The van der Waals surface area contributed by atoms with Crippen molar-refractivity contribution in [3.05, 3.63) is 38.7 Å². The van der Waals surface area contributed by atoms with E-state index in [0.29, 0.717) is 26.9 Å². The molecular formula is C16H15Cl2NO3S2. The van der Waals surface area contributed by atoms with Gasteiger partial charge in [0.05, 0.1) is 4.91 Å². The van der Waals surface area contributed by atoms with Gasteiger partial charge in [0.1, 0.15) is 10.4 Å². The van der Waals surface area contributed by atoms with Crippen molar-refractivity contribution >= 4 is 69.5 Å². The van der Waals surface area contributed by atoms with Gasteiger partial charge in [-0.15, -0.1) is 0 Å². The lowest BCUT2D eigenvalue weighted by atomic mass is 9.98. The molecule has 0 saturated carbocycles. The van der Waals surface area contributed by atoms with E-state index in [1.54, 1.807) is 31.2 Å². The van der Waals surface area contributed by atoms with Crippen LogP contribution in [0, 0.1) is 5.92 Å². The van der Waals surface area contributed by atoms with Crippen LogP contribution in [0.3, 0.4) is 0 Å². The molecule has 2 rings (SSSR count). The number of amides is 1. The van der Waals surface area contributed by atoms with Crippen LogP contribution in [0.4, 0.5) is 0 Å². The van der Waals surface area contributed by atoms with Gasteiger partial charge in [-0.3, -0.25) is 9.69 Å². The topological polar surface area (TPSA) is 57.6 Å². The number of aliphatic carboxylic acids is 1. The minimum atomic E-state index is -1.07. The van der Waals surface area contributed by atoms with E-state index in [9.17, 15) is 14.7 Å². The molecule has 8 heteroatoms. The molecule has 0 unspecified atom stereocenters. The van der Waals surface area contributed by atoms with E-state index in [0.717, 1.165) is 11.8 Å². The largest absolute Gasteiger partial charge is 0.480 e. The summed E-state index contributed by atoms with van der Waals surface area (Å²) in [5.41, 5.74) is 0.511. The molecule has 1 fully saturated rings. The van der Waals surface area contributed by atoms with Gasteiger partial charge in [-0.05, 0) is 24.1 Å². The summed E-state index contributed by atoms with van der Waals surface area (Å²) in [7, 11) is 0. The quantitative estimate of drug-likeness (QED) is 0.570. The average molecular weight is 404 g/mol. The van der Waals surface area contributed by atoms with E-state index in [4.69, 9.17) is 35.4 Å². The van der Waals surface area contributed by atoms with E-state index in [2.05, 4.69) is 0 Å². The van der Waals surface area contributed by atoms with Gasteiger partial charge in [0.15, 0.2) is 0 Å². The highest BCUT2D eigenvalue weighted by Gasteiger charge is 2.42. The van der Waals surface area contributed by atoms with Crippen molar-refractivity contribution in [3.8, 4) is 0 Å². The summed E-state index contributed by atoms with van der Waals surface area (Å²) in [6, 6.07) is 4.05. The molecule has 128 valence electrons. The fraction of sp³-hybridized carbons (Fsp3) is 0.312. The Bertz CT molecular complexity index is 716. The molecule has 0 bridgehead atoms. The van der Waals surface area contributed by atoms with E-state index in [-0.39, 0.29) is 10.2 Å². The summed E-state index contributed by atoms with van der Waals surface area (Å²) in [6.07, 6.45) is 2.17. The summed E-state index contributed by atoms with van der Waals surface area (Å²) in [6.45, 7) is 3.66. The molecule has 1 amide bonds. The monoisotopic (exact) mass is 403 g/mol. The van der Waals surface area contributed by atoms with Gasteiger partial charge in [-0.2, -0.15) is 0 Å². The molecular weight excluding hydrogens is 389 g/mol. The Labute approximate surface area is 159 Å². The minimum absolute atomic E-state index is 0.224. The van der Waals surface area contributed by atoms with Gasteiger partial charge in [0, 0.05) is 15.6 Å². The van der Waals surface area contributed by atoms with Gasteiger partial charge >= 0.3 is 5.97 Å². The number of carbonyl (C=O) groups is 2. The van der Waals surface area contributed by atoms with Crippen LogP contribution in [0.1, 0.15) is 25.8 Å². The first-order valence-corrected chi connectivity index (χ1v) is 9.19. The van der Waals surface area contributed by atoms with Crippen molar-refractivity contribution in [2.24, 2.45) is 5.92 Å². The molecule has 1 saturated heterocycles. The SMILES string of the molecule is CC[C@@H](C)[C@H](C(=O)O)N1C(=O)/C(=C/c2c(Cl)cccc2Cl)SC1=S. The van der Waals surface area contributed by atoms with Crippen LogP contribution < -0.4 is 0 Å². The summed E-state index contributed by atoms with van der Waals surface area (Å²) in [5, 5.41) is 10.3. The lowest BCUT2D eigenvalue weighted by molar-refractivity contribution is -0.147. The first-order valence-electron chi connectivity index (χ1n) is 7.21. The minimum Gasteiger partial charge on any atom is -0.480 e. The lowest BCUT2D eigenvalue weighted by Gasteiger charge is -2.27. The number of hydrogen-bond donors (Lipinski definition) is 1. The molecule has 0 aromatic heterocycles. The van der Waals surface area contributed by atoms with Crippen LogP contribution in [0.25, 0.3) is 6.08 Å². The molecule has 24 heavy (non-hydrogen) atoms. The zero-order chi connectivity index (χ0) is 18.0. The second-order valence-corrected chi connectivity index (χ2v) is 7.85. The highest BCUT2D eigenvalue weighted by molar-refractivity contribution is 8.26. The number of hydrogen-bond acceptors (Lipinski definition) is 4. The Morgan fingerprint density at radius 3 is 2.50 bits per heavy atom. The number of nitrogens with zero attached hydrogens (tertiary/aromatic N) is 1. The summed E-state index contributed by atoms with van der Waals surface area (Å²) >= 11 is 18.5. The van der Waals surface area contributed by atoms with Crippen molar-refractivity contribution in [1.29, 1.82) is 0 Å². The van der Waals surface area contributed by atoms with Crippen LogP contribution in [0.2, 0.25) is 10.0 Å². The van der Waals surface area contributed by atoms with Gasteiger partial charge in [-0.1, -0.05) is 73.5 Å². The van der Waals surface area contributed by atoms with Crippen molar-refractivity contribution in [3.63, 3.8) is 0 Å². The Balaban J connectivity index is 2.42. The third kappa shape index (κ3) is 3.77. The number of halogens is 2. The Kier molecular flexibility index (Phi) is 6.31. The highest BCUT2D eigenvalue weighted by atomic mass is 35.5. The number of benzene rings is 1. The van der Waals surface area contributed by atoms with E-state index >= 15 is 0 Å². The molecule has 0 radical (unpaired) electrons. The number of carboxylic acids is 1. The van der Waals surface area contributed by atoms with Crippen LogP contribution in [-0.2, 0) is 9.59 Å². The number of carbonyl (C=O) groups excluding carboxylic acids is 1. The van der Waals surface area contributed by atoms with Crippen molar-refractivity contribution in [2.75, 3.05) is 0 Å². The first kappa shape index (κ1) is 19.2. The maximum Gasteiger partial charge on any atom is 0.327 e. The summed E-state index contributed by atoms with van der Waals surface area (Å²) in [5.74, 6) is -1.74. The molecule has 1 N–H and O–H groups in total. The Morgan fingerprint density at radius 1 is 1.42 bits per heavy atom. The molecule has 1 aromatic carbocycles. The van der Waals surface area contributed by atoms with Crippen molar-refractivity contribution in [2.45, 2.75) is 26.3 Å². The smallest absolute Gasteiger partial charge is 0.327 e. The molecule has 0 aliphatic carbocycles. The normalized spacial score (nSPS) is 19.0. The molecule has 1 aliphatic heterocycles. The van der Waals surface area contributed by atoms with E-state index < -0.39 is 17.9 Å². The van der Waals surface area contributed by atoms with E-state index in [1.165, 1.54) is 4.90 Å². The van der Waals surface area contributed by atoms with E-state index in [1.807, 2.05) is 6.92 Å². The zero-order valence-electron chi connectivity index (χ0n) is 13.0. The first-order chi connectivity index (χ1) is 11.3. The molecule has 1 aromatic rings. The predicted octanol–water partition coefficient (Wildman–Crippen LogP) is 4.69. The van der Waals surface area contributed by atoms with Crippen molar-refractivity contribution < 1.29 is 14.7 Å². The van der Waals surface area contributed by atoms with Gasteiger partial charge < -0.3 is 5.11 Å². The average Bonchev–Trinajstić information content (AvgIpc) is 2.78. The maximum absolute atomic E-state index is 12.7. The summed E-state index contributed by atoms with van der Waals surface area (Å²) < 4.78 is 0.224. The zero-order valence-corrected chi connectivity index (χ0v) is 16.1. The lowest BCUT2D eigenvalue weighted by Crippen LogP contribution is -2.47. The predicted molar refractivity (Wildman–Crippen MR) is 102 cm³/mol. The van der Waals surface area contributed by atoms with Crippen LogP contribution in [0.15, 0.2) is 23.1 Å². The molecule has 1 aliphatic rings. The third-order valence-corrected chi connectivity index (χ3v) is 5.80. The fourth-order valence-corrected chi connectivity index (χ4v) is 4.15. The highest BCUT2D eigenvalue weighted by Crippen LogP contribution is 2.38. The second-order valence-electron chi connectivity index (χ2n) is 5.36. The van der Waals surface area contributed by atoms with Crippen molar-refractivity contribution in [1.82, 2.24) is 4.90 Å². The van der Waals surface area contributed by atoms with Crippen LogP contribution >= 0.6 is 47.2 Å². The van der Waals surface area contributed by atoms with Gasteiger partial charge in [-0.25, -0.2) is 4.79 Å². The molecule has 2 atom stereocenters. The maximum atomic E-state index is 12.7. The fourth-order valence-electron chi connectivity index (χ4n) is 2.33. The molecule has 1 heterocycles. The third-order valence-electron chi connectivity index (χ3n) is 3.81. The molecule has 0 spiro atoms. The van der Waals surface area contributed by atoms with Gasteiger partial charge in [0.25, 0.3) is 5.91 Å². The Morgan fingerprint density at radius 2 is 2.00 bits per heavy atom. The number of thiocarbonyl (C=S) groups is 1.